The summed E-state index contributed by atoms with van der Waals surface area (Å²) >= 11 is 3.37. The lowest BCUT2D eigenvalue weighted by Gasteiger charge is -2.12. The summed E-state index contributed by atoms with van der Waals surface area (Å²) < 4.78 is 15.8. The van der Waals surface area contributed by atoms with Crippen LogP contribution in [0, 0.1) is 0 Å². The SMILES string of the molecule is COC(=O)c1ccc(CNC(=O)c2cc(OC)c(Br)c(OC)c2)cc1. The predicted octanol–water partition coefficient (Wildman–Crippen LogP) is 3.18. The third-order valence-corrected chi connectivity index (χ3v) is 4.32. The number of ether oxygens (including phenoxy) is 3. The van der Waals surface area contributed by atoms with Crippen molar-refractivity contribution in [1.82, 2.24) is 5.32 Å². The molecule has 7 heteroatoms. The van der Waals surface area contributed by atoms with Crippen LogP contribution in [0.15, 0.2) is 40.9 Å². The summed E-state index contributed by atoms with van der Waals surface area (Å²) in [5.41, 5.74) is 1.74. The lowest BCUT2D eigenvalue weighted by molar-refractivity contribution is 0.0600. The van der Waals surface area contributed by atoms with Crippen LogP contribution in [0.1, 0.15) is 26.3 Å². The molecule has 2 aromatic carbocycles. The standard InChI is InChI=1S/C18H18BrNO5/c1-23-14-8-13(9-15(24-2)16(14)19)17(21)20-10-11-4-6-12(7-5-11)18(22)25-3/h4-9H,10H2,1-3H3,(H,20,21). The minimum atomic E-state index is -0.398. The Morgan fingerprint density at radius 1 is 0.960 bits per heavy atom. The molecule has 0 heterocycles. The number of halogens is 1. The summed E-state index contributed by atoms with van der Waals surface area (Å²) in [7, 11) is 4.37. The van der Waals surface area contributed by atoms with Crippen molar-refractivity contribution in [2.45, 2.75) is 6.54 Å². The van der Waals surface area contributed by atoms with Gasteiger partial charge in [0.05, 0.1) is 26.9 Å². The summed E-state index contributed by atoms with van der Waals surface area (Å²) in [4.78, 5) is 23.8. The first-order valence-corrected chi connectivity index (χ1v) is 8.16. The molecule has 0 spiro atoms. The molecule has 0 aromatic heterocycles. The Labute approximate surface area is 154 Å². The average molecular weight is 408 g/mol. The fraction of sp³-hybridized carbons (Fsp3) is 0.222. The lowest BCUT2D eigenvalue weighted by Crippen LogP contribution is -2.23. The first kappa shape index (κ1) is 18.8. The number of hydrogen-bond acceptors (Lipinski definition) is 5. The zero-order chi connectivity index (χ0) is 18.4. The van der Waals surface area contributed by atoms with E-state index in [1.807, 2.05) is 0 Å². The molecule has 0 unspecified atom stereocenters. The second-order valence-electron chi connectivity index (χ2n) is 5.07. The van der Waals surface area contributed by atoms with Crippen LogP contribution >= 0.6 is 15.9 Å². The van der Waals surface area contributed by atoms with Crippen molar-refractivity contribution in [3.63, 3.8) is 0 Å². The number of carbonyl (C=O) groups excluding carboxylic acids is 2. The average Bonchev–Trinajstić information content (AvgIpc) is 2.66. The molecule has 0 aliphatic rings. The van der Waals surface area contributed by atoms with Crippen LogP contribution in [0.2, 0.25) is 0 Å². The molecular formula is C18H18BrNO5. The van der Waals surface area contributed by atoms with Crippen molar-refractivity contribution in [1.29, 1.82) is 0 Å². The zero-order valence-electron chi connectivity index (χ0n) is 14.1. The molecule has 0 saturated carbocycles. The van der Waals surface area contributed by atoms with E-state index < -0.39 is 5.97 Å². The van der Waals surface area contributed by atoms with Gasteiger partial charge in [-0.1, -0.05) is 12.1 Å². The number of nitrogens with one attached hydrogen (secondary N) is 1. The second kappa shape index (κ2) is 8.53. The Hall–Kier alpha value is -2.54. The van der Waals surface area contributed by atoms with Crippen LogP contribution < -0.4 is 14.8 Å². The highest BCUT2D eigenvalue weighted by atomic mass is 79.9. The predicted molar refractivity (Wildman–Crippen MR) is 96.2 cm³/mol. The van der Waals surface area contributed by atoms with Gasteiger partial charge in [-0.3, -0.25) is 4.79 Å². The van der Waals surface area contributed by atoms with Crippen LogP contribution in [-0.2, 0) is 11.3 Å². The third-order valence-electron chi connectivity index (χ3n) is 3.54. The van der Waals surface area contributed by atoms with Crippen molar-refractivity contribution < 1.29 is 23.8 Å². The molecule has 2 aromatic rings. The fourth-order valence-electron chi connectivity index (χ4n) is 2.16. The number of carbonyl (C=O) groups is 2. The summed E-state index contributed by atoms with van der Waals surface area (Å²) in [6, 6.07) is 10.1. The van der Waals surface area contributed by atoms with Gasteiger partial charge in [0.25, 0.3) is 5.91 Å². The van der Waals surface area contributed by atoms with Crippen LogP contribution in [-0.4, -0.2) is 33.2 Å². The first-order chi connectivity index (χ1) is 12.0. The normalized spacial score (nSPS) is 10.1. The number of benzene rings is 2. The van der Waals surface area contributed by atoms with Gasteiger partial charge in [0.2, 0.25) is 0 Å². The monoisotopic (exact) mass is 407 g/mol. The van der Waals surface area contributed by atoms with E-state index in [0.717, 1.165) is 5.56 Å². The highest BCUT2D eigenvalue weighted by Gasteiger charge is 2.14. The maximum absolute atomic E-state index is 12.4. The topological polar surface area (TPSA) is 73.9 Å². The van der Waals surface area contributed by atoms with Crippen molar-refractivity contribution >= 4 is 27.8 Å². The van der Waals surface area contributed by atoms with Gasteiger partial charge in [-0.2, -0.15) is 0 Å². The number of hydrogen-bond donors (Lipinski definition) is 1. The van der Waals surface area contributed by atoms with Gasteiger partial charge in [-0.15, -0.1) is 0 Å². The highest BCUT2D eigenvalue weighted by molar-refractivity contribution is 9.10. The van der Waals surface area contributed by atoms with E-state index in [2.05, 4.69) is 26.0 Å². The van der Waals surface area contributed by atoms with E-state index >= 15 is 0 Å². The maximum Gasteiger partial charge on any atom is 0.337 e. The molecule has 0 aliphatic heterocycles. The first-order valence-electron chi connectivity index (χ1n) is 7.37. The van der Waals surface area contributed by atoms with Crippen molar-refractivity contribution in [2.75, 3.05) is 21.3 Å². The van der Waals surface area contributed by atoms with E-state index in [1.54, 1.807) is 36.4 Å². The lowest BCUT2D eigenvalue weighted by atomic mass is 10.1. The molecule has 25 heavy (non-hydrogen) atoms. The van der Waals surface area contributed by atoms with Gasteiger partial charge >= 0.3 is 5.97 Å². The van der Waals surface area contributed by atoms with Gasteiger partial charge in [0.1, 0.15) is 16.0 Å². The van der Waals surface area contributed by atoms with Gasteiger partial charge < -0.3 is 19.5 Å². The Kier molecular flexibility index (Phi) is 6.41. The van der Waals surface area contributed by atoms with E-state index in [1.165, 1.54) is 21.3 Å². The second-order valence-corrected chi connectivity index (χ2v) is 5.86. The molecule has 2 rings (SSSR count). The summed E-state index contributed by atoms with van der Waals surface area (Å²) in [6.45, 7) is 0.320. The maximum atomic E-state index is 12.4. The van der Waals surface area contributed by atoms with E-state index in [9.17, 15) is 9.59 Å². The van der Waals surface area contributed by atoms with Crippen molar-refractivity contribution in [3.8, 4) is 11.5 Å². The number of rotatable bonds is 6. The largest absolute Gasteiger partial charge is 0.495 e. The van der Waals surface area contributed by atoms with Crippen LogP contribution in [0.5, 0.6) is 11.5 Å². The Morgan fingerprint density at radius 2 is 1.52 bits per heavy atom. The van der Waals surface area contributed by atoms with Crippen molar-refractivity contribution in [2.24, 2.45) is 0 Å². The molecule has 1 N–H and O–H groups in total. The third kappa shape index (κ3) is 4.51. The Balaban J connectivity index is 2.08. The summed E-state index contributed by atoms with van der Waals surface area (Å²) in [5.74, 6) is 0.352. The smallest absolute Gasteiger partial charge is 0.337 e. The molecule has 6 nitrogen and oxygen atoms in total. The number of esters is 1. The Bertz CT molecular complexity index is 749. The molecule has 0 atom stereocenters. The molecule has 132 valence electrons. The minimum Gasteiger partial charge on any atom is -0.495 e. The van der Waals surface area contributed by atoms with Gasteiger partial charge in [0.15, 0.2) is 0 Å². The Morgan fingerprint density at radius 3 is 2.00 bits per heavy atom. The van der Waals surface area contributed by atoms with Gasteiger partial charge in [-0.05, 0) is 45.8 Å². The van der Waals surface area contributed by atoms with Gasteiger partial charge in [-0.25, -0.2) is 4.79 Å². The molecule has 0 saturated heterocycles. The molecular weight excluding hydrogens is 390 g/mol. The fourth-order valence-corrected chi connectivity index (χ4v) is 2.71. The summed E-state index contributed by atoms with van der Waals surface area (Å²) in [6.07, 6.45) is 0. The number of methoxy groups -OCH3 is 3. The van der Waals surface area contributed by atoms with Gasteiger partial charge in [0, 0.05) is 12.1 Å². The molecule has 1 amide bonds. The molecule has 0 aliphatic carbocycles. The number of amides is 1. The van der Waals surface area contributed by atoms with Crippen LogP contribution in [0.3, 0.4) is 0 Å². The molecule has 0 bridgehead atoms. The zero-order valence-corrected chi connectivity index (χ0v) is 15.7. The van der Waals surface area contributed by atoms with Crippen LogP contribution in [0.4, 0.5) is 0 Å². The minimum absolute atomic E-state index is 0.263. The summed E-state index contributed by atoms with van der Waals surface area (Å²) in [5, 5.41) is 2.82. The van der Waals surface area contributed by atoms with Crippen molar-refractivity contribution in [3.05, 3.63) is 57.6 Å². The molecule has 0 fully saturated rings. The van der Waals surface area contributed by atoms with Crippen LogP contribution in [0.25, 0.3) is 0 Å². The quantitative estimate of drug-likeness (QED) is 0.744. The van der Waals surface area contributed by atoms with E-state index in [4.69, 9.17) is 9.47 Å². The van der Waals surface area contributed by atoms with E-state index in [-0.39, 0.29) is 5.91 Å². The molecule has 0 radical (unpaired) electrons. The van der Waals surface area contributed by atoms with E-state index in [0.29, 0.717) is 33.6 Å². The highest BCUT2D eigenvalue weighted by Crippen LogP contribution is 2.35.